The van der Waals surface area contributed by atoms with Crippen molar-refractivity contribution >= 4 is 48.8 Å². The molecule has 1 aliphatic rings. The summed E-state index contributed by atoms with van der Waals surface area (Å²) in [6, 6.07) is 7.86. The number of aromatic nitrogens is 2. The fraction of sp³-hybridized carbons (Fsp3) is 0.273. The molecule has 0 aliphatic heterocycles. The molecule has 4 aromatic rings. The quantitative estimate of drug-likeness (QED) is 0.430. The van der Waals surface area contributed by atoms with E-state index in [-0.39, 0.29) is 29.9 Å². The SMILES string of the molecule is COc1cc(C(=O)O)cn2nc(-c3sc4cccc(Br)c4c3CC3CC3)c(C)c12.[Li+].[OH-]. The average molecular weight is 495 g/mol. The third-order valence-corrected chi connectivity index (χ3v) is 7.43. The zero-order valence-corrected chi connectivity index (χ0v) is 19.9. The van der Waals surface area contributed by atoms with Gasteiger partial charge in [-0.3, -0.25) is 0 Å². The van der Waals surface area contributed by atoms with Crippen molar-refractivity contribution in [2.75, 3.05) is 7.11 Å². The molecule has 0 bridgehead atoms. The number of aryl methyl sites for hydroxylation is 1. The van der Waals surface area contributed by atoms with Crippen LogP contribution in [0.5, 0.6) is 5.75 Å². The summed E-state index contributed by atoms with van der Waals surface area (Å²) in [5.41, 5.74) is 4.19. The van der Waals surface area contributed by atoms with E-state index in [0.29, 0.717) is 5.75 Å². The summed E-state index contributed by atoms with van der Waals surface area (Å²) in [5.74, 6) is 0.261. The standard InChI is InChI=1S/C22H19BrN2O3S.Li.H2O/c1-11-19(24-25-10-13(22(26)27)9-16(28-2)20(11)25)21-14(8-12-6-7-12)18-15(23)4-3-5-17(18)29-21;;/h3-5,9-10,12H,6-8H2,1-2H3,(H,26,27);;1H2/q;+1;/p-1. The minimum Gasteiger partial charge on any atom is -0.870 e. The molecule has 0 spiro atoms. The first kappa shape index (κ1) is 23.8. The Morgan fingerprint density at radius 1 is 1.39 bits per heavy atom. The van der Waals surface area contributed by atoms with Crippen LogP contribution >= 0.6 is 27.3 Å². The molecule has 9 heteroatoms. The van der Waals surface area contributed by atoms with Crippen LogP contribution < -0.4 is 23.6 Å². The maximum atomic E-state index is 11.5. The molecule has 1 fully saturated rings. The molecule has 1 saturated carbocycles. The molecule has 3 aromatic heterocycles. The van der Waals surface area contributed by atoms with Crippen molar-refractivity contribution in [2.24, 2.45) is 5.92 Å². The smallest absolute Gasteiger partial charge is 0.870 e. The predicted octanol–water partition coefficient (Wildman–Crippen LogP) is 2.77. The van der Waals surface area contributed by atoms with Crippen molar-refractivity contribution in [3.05, 3.63) is 51.6 Å². The van der Waals surface area contributed by atoms with E-state index in [1.54, 1.807) is 35.2 Å². The van der Waals surface area contributed by atoms with Gasteiger partial charge in [0.05, 0.1) is 17.6 Å². The Balaban J connectivity index is 0.00000136. The van der Waals surface area contributed by atoms with Crippen LogP contribution in [0.3, 0.4) is 0 Å². The number of carboxylic acids is 1. The van der Waals surface area contributed by atoms with E-state index in [0.717, 1.165) is 33.6 Å². The summed E-state index contributed by atoms with van der Waals surface area (Å²) < 4.78 is 9.50. The molecule has 0 atom stereocenters. The van der Waals surface area contributed by atoms with Gasteiger partial charge in [-0.2, -0.15) is 5.10 Å². The van der Waals surface area contributed by atoms with Crippen LogP contribution in [0.15, 0.2) is 34.9 Å². The molecule has 6 nitrogen and oxygen atoms in total. The molecule has 0 unspecified atom stereocenters. The van der Waals surface area contributed by atoms with Gasteiger partial charge in [-0.1, -0.05) is 22.0 Å². The van der Waals surface area contributed by atoms with Gasteiger partial charge in [-0.25, -0.2) is 9.31 Å². The zero-order valence-electron chi connectivity index (χ0n) is 17.5. The fourth-order valence-electron chi connectivity index (χ4n) is 3.94. The maximum absolute atomic E-state index is 11.5. The van der Waals surface area contributed by atoms with Crippen molar-refractivity contribution in [3.8, 4) is 16.3 Å². The Morgan fingerprint density at radius 2 is 2.13 bits per heavy atom. The van der Waals surface area contributed by atoms with E-state index in [1.807, 2.05) is 6.92 Å². The Bertz CT molecular complexity index is 1300. The number of hydrogen-bond donors (Lipinski definition) is 1. The van der Waals surface area contributed by atoms with E-state index < -0.39 is 5.97 Å². The van der Waals surface area contributed by atoms with Crippen LogP contribution in [0.4, 0.5) is 0 Å². The van der Waals surface area contributed by atoms with Gasteiger partial charge in [-0.15, -0.1) is 11.3 Å². The number of carboxylic acid groups (broad SMARTS) is 1. The summed E-state index contributed by atoms with van der Waals surface area (Å²) >= 11 is 5.49. The third kappa shape index (κ3) is 4.03. The number of halogens is 1. The Kier molecular flexibility index (Phi) is 6.89. The van der Waals surface area contributed by atoms with Crippen molar-refractivity contribution in [1.82, 2.24) is 9.61 Å². The van der Waals surface area contributed by atoms with Crippen LogP contribution in [-0.2, 0) is 6.42 Å². The summed E-state index contributed by atoms with van der Waals surface area (Å²) in [7, 11) is 1.56. The number of rotatable bonds is 5. The van der Waals surface area contributed by atoms with E-state index in [9.17, 15) is 9.90 Å². The summed E-state index contributed by atoms with van der Waals surface area (Å²) in [4.78, 5) is 12.7. The number of ether oxygens (including phenoxy) is 1. The van der Waals surface area contributed by atoms with Gasteiger partial charge in [0.2, 0.25) is 0 Å². The number of thiophene rings is 1. The third-order valence-electron chi connectivity index (χ3n) is 5.56. The van der Waals surface area contributed by atoms with Crippen molar-refractivity contribution < 1.29 is 39.0 Å². The second kappa shape index (κ2) is 8.97. The number of pyridine rings is 1. The molecule has 2 N–H and O–H groups in total. The fourth-order valence-corrected chi connectivity index (χ4v) is 5.98. The number of carbonyl (C=O) groups is 1. The Labute approximate surface area is 203 Å². The molecule has 1 aromatic carbocycles. The number of nitrogens with zero attached hydrogens (tertiary/aromatic N) is 2. The molecule has 0 saturated heterocycles. The average Bonchev–Trinajstić information content (AvgIpc) is 3.35. The Hall–Kier alpha value is -1.82. The van der Waals surface area contributed by atoms with Gasteiger partial charge in [0.1, 0.15) is 17.0 Å². The van der Waals surface area contributed by atoms with E-state index >= 15 is 0 Å². The second-order valence-corrected chi connectivity index (χ2v) is 9.45. The van der Waals surface area contributed by atoms with Gasteiger partial charge in [0.15, 0.2) is 0 Å². The van der Waals surface area contributed by atoms with E-state index in [4.69, 9.17) is 9.84 Å². The minimum atomic E-state index is -1.000. The first-order valence-electron chi connectivity index (χ1n) is 9.48. The van der Waals surface area contributed by atoms with E-state index in [1.165, 1.54) is 33.4 Å². The number of aromatic carboxylic acids is 1. The first-order valence-corrected chi connectivity index (χ1v) is 11.1. The molecule has 3 heterocycles. The summed E-state index contributed by atoms with van der Waals surface area (Å²) in [6.07, 6.45) is 5.16. The molecule has 1 aliphatic carbocycles. The van der Waals surface area contributed by atoms with Gasteiger partial charge < -0.3 is 15.3 Å². The van der Waals surface area contributed by atoms with E-state index in [2.05, 4.69) is 34.1 Å². The van der Waals surface area contributed by atoms with Crippen molar-refractivity contribution in [3.63, 3.8) is 0 Å². The summed E-state index contributed by atoms with van der Waals surface area (Å²) in [6.45, 7) is 2.03. The molecular formula is C22H20BrLiN2O4S. The normalized spacial score (nSPS) is 13.1. The molecular weight excluding hydrogens is 475 g/mol. The van der Waals surface area contributed by atoms with Crippen molar-refractivity contribution in [2.45, 2.75) is 26.2 Å². The van der Waals surface area contributed by atoms with Gasteiger partial charge in [0.25, 0.3) is 0 Å². The minimum absolute atomic E-state index is 0. The van der Waals surface area contributed by atoms with Crippen LogP contribution in [-0.4, -0.2) is 33.3 Å². The molecule has 31 heavy (non-hydrogen) atoms. The van der Waals surface area contributed by atoms with Gasteiger partial charge in [0, 0.05) is 26.3 Å². The predicted molar refractivity (Wildman–Crippen MR) is 120 cm³/mol. The zero-order chi connectivity index (χ0) is 20.3. The topological polar surface area (TPSA) is 93.8 Å². The first-order chi connectivity index (χ1) is 14.0. The Morgan fingerprint density at radius 3 is 2.77 bits per heavy atom. The van der Waals surface area contributed by atoms with Gasteiger partial charge in [-0.05, 0) is 55.9 Å². The molecule has 5 rings (SSSR count). The molecule has 156 valence electrons. The van der Waals surface area contributed by atoms with Crippen molar-refractivity contribution in [1.29, 1.82) is 0 Å². The van der Waals surface area contributed by atoms with Crippen LogP contribution in [0.25, 0.3) is 26.2 Å². The van der Waals surface area contributed by atoms with Gasteiger partial charge >= 0.3 is 24.8 Å². The molecule has 0 amide bonds. The number of benzene rings is 1. The summed E-state index contributed by atoms with van der Waals surface area (Å²) in [5, 5.41) is 15.5. The van der Waals surface area contributed by atoms with Crippen LogP contribution in [0.1, 0.15) is 34.3 Å². The second-order valence-electron chi connectivity index (χ2n) is 7.54. The number of methoxy groups -OCH3 is 1. The number of fused-ring (bicyclic) bond motifs is 2. The van der Waals surface area contributed by atoms with Crippen LogP contribution in [0.2, 0.25) is 0 Å². The van der Waals surface area contributed by atoms with Crippen LogP contribution in [0, 0.1) is 12.8 Å². The largest absolute Gasteiger partial charge is 1.00 e. The maximum Gasteiger partial charge on any atom is 1.00 e. The number of hydrogen-bond acceptors (Lipinski definition) is 5. The molecule has 0 radical (unpaired) electrons. The monoisotopic (exact) mass is 494 g/mol.